The Morgan fingerprint density at radius 2 is 1.82 bits per heavy atom. The van der Waals surface area contributed by atoms with E-state index in [4.69, 9.17) is 11.5 Å². The summed E-state index contributed by atoms with van der Waals surface area (Å²) in [6.45, 7) is 6.11. The second-order valence-corrected chi connectivity index (χ2v) is 4.09. The van der Waals surface area contributed by atoms with E-state index in [-0.39, 0.29) is 0 Å². The molecule has 1 rings (SSSR count). The normalized spacial score (nSPS) is 10.2. The third kappa shape index (κ3) is 3.12. The number of amides is 1. The predicted molar refractivity (Wildman–Crippen MR) is 72.2 cm³/mol. The van der Waals surface area contributed by atoms with E-state index >= 15 is 0 Å². The van der Waals surface area contributed by atoms with Gasteiger partial charge in [-0.2, -0.15) is 0 Å². The van der Waals surface area contributed by atoms with Crippen LogP contribution in [0.3, 0.4) is 0 Å². The summed E-state index contributed by atoms with van der Waals surface area (Å²) in [6.07, 6.45) is 2.08. The van der Waals surface area contributed by atoms with Gasteiger partial charge < -0.3 is 16.4 Å². The van der Waals surface area contributed by atoms with Crippen molar-refractivity contribution in [1.29, 1.82) is 0 Å². The lowest BCUT2D eigenvalue weighted by molar-refractivity contribution is 0.100. The Labute approximate surface area is 103 Å². The first-order valence-electron chi connectivity index (χ1n) is 6.05. The van der Waals surface area contributed by atoms with Gasteiger partial charge in [0.25, 0.3) is 5.91 Å². The maximum absolute atomic E-state index is 11.2. The van der Waals surface area contributed by atoms with Crippen molar-refractivity contribution < 1.29 is 4.79 Å². The summed E-state index contributed by atoms with van der Waals surface area (Å²) in [5.41, 5.74) is 13.1. The molecule has 1 aromatic rings. The number of primary amides is 1. The summed E-state index contributed by atoms with van der Waals surface area (Å²) < 4.78 is 0. The van der Waals surface area contributed by atoms with Gasteiger partial charge in [-0.15, -0.1) is 0 Å². The van der Waals surface area contributed by atoms with Crippen LogP contribution in [-0.2, 0) is 0 Å². The Morgan fingerprint density at radius 1 is 1.24 bits per heavy atom. The highest BCUT2D eigenvalue weighted by atomic mass is 16.1. The molecular formula is C13H21N3O. The molecule has 0 atom stereocenters. The quantitative estimate of drug-likeness (QED) is 0.741. The van der Waals surface area contributed by atoms with E-state index in [1.807, 2.05) is 12.1 Å². The van der Waals surface area contributed by atoms with E-state index in [2.05, 4.69) is 18.7 Å². The number of nitrogens with zero attached hydrogens (tertiary/aromatic N) is 1. The molecule has 0 bridgehead atoms. The van der Waals surface area contributed by atoms with Gasteiger partial charge in [-0.25, -0.2) is 0 Å². The molecule has 17 heavy (non-hydrogen) atoms. The van der Waals surface area contributed by atoms with Crippen molar-refractivity contribution >= 4 is 17.3 Å². The first-order chi connectivity index (χ1) is 8.11. The summed E-state index contributed by atoms with van der Waals surface area (Å²) in [6, 6.07) is 5.43. The molecule has 0 saturated carbocycles. The molecule has 1 amide bonds. The molecule has 0 unspecified atom stereocenters. The number of anilines is 2. The number of hydrogen-bond donors (Lipinski definition) is 2. The van der Waals surface area contributed by atoms with Crippen molar-refractivity contribution in [1.82, 2.24) is 0 Å². The first-order valence-corrected chi connectivity index (χ1v) is 6.05. The van der Waals surface area contributed by atoms with E-state index in [1.54, 1.807) is 6.07 Å². The second kappa shape index (κ2) is 6.13. The topological polar surface area (TPSA) is 72.3 Å². The Morgan fingerprint density at radius 3 is 2.29 bits per heavy atom. The number of carbonyl (C=O) groups excluding carboxylic acids is 1. The fourth-order valence-corrected chi connectivity index (χ4v) is 1.94. The Kier molecular flexibility index (Phi) is 4.82. The van der Waals surface area contributed by atoms with Crippen LogP contribution in [0.15, 0.2) is 18.2 Å². The number of benzene rings is 1. The molecular weight excluding hydrogens is 214 g/mol. The van der Waals surface area contributed by atoms with E-state index in [0.29, 0.717) is 11.3 Å². The monoisotopic (exact) mass is 235 g/mol. The van der Waals surface area contributed by atoms with Crippen LogP contribution in [0.2, 0.25) is 0 Å². The highest BCUT2D eigenvalue weighted by molar-refractivity contribution is 6.00. The minimum Gasteiger partial charge on any atom is -0.396 e. The average molecular weight is 235 g/mol. The van der Waals surface area contributed by atoms with Crippen LogP contribution in [0, 0.1) is 0 Å². The zero-order chi connectivity index (χ0) is 12.8. The zero-order valence-electron chi connectivity index (χ0n) is 10.6. The van der Waals surface area contributed by atoms with Crippen molar-refractivity contribution in [2.45, 2.75) is 26.7 Å². The summed E-state index contributed by atoms with van der Waals surface area (Å²) in [5.74, 6) is -0.475. The maximum atomic E-state index is 11.2. The largest absolute Gasteiger partial charge is 0.396 e. The van der Waals surface area contributed by atoms with Crippen LogP contribution >= 0.6 is 0 Å². The fraction of sp³-hybridized carbons (Fsp3) is 0.462. The van der Waals surface area contributed by atoms with Crippen LogP contribution in [0.25, 0.3) is 0 Å². The fourth-order valence-electron chi connectivity index (χ4n) is 1.94. The van der Waals surface area contributed by atoms with Gasteiger partial charge >= 0.3 is 0 Å². The van der Waals surface area contributed by atoms with Crippen molar-refractivity contribution in [3.05, 3.63) is 23.8 Å². The molecule has 4 N–H and O–H groups in total. The molecule has 0 aliphatic carbocycles. The second-order valence-electron chi connectivity index (χ2n) is 4.09. The van der Waals surface area contributed by atoms with Gasteiger partial charge in [-0.3, -0.25) is 4.79 Å². The zero-order valence-corrected chi connectivity index (χ0v) is 10.6. The average Bonchev–Trinajstić information content (AvgIpc) is 2.29. The van der Waals surface area contributed by atoms with Gasteiger partial charge in [0.1, 0.15) is 0 Å². The van der Waals surface area contributed by atoms with Gasteiger partial charge in [-0.1, -0.05) is 19.9 Å². The third-order valence-electron chi connectivity index (χ3n) is 2.68. The van der Waals surface area contributed by atoms with Crippen molar-refractivity contribution in [2.75, 3.05) is 23.7 Å². The Balaban J connectivity index is 3.10. The number of rotatable bonds is 6. The lowest BCUT2D eigenvalue weighted by Gasteiger charge is -2.25. The van der Waals surface area contributed by atoms with Gasteiger partial charge in [0.2, 0.25) is 0 Å². The SMILES string of the molecule is CCCN(CCC)c1cccc(C(N)=O)c1N. The number of hydrogen-bond acceptors (Lipinski definition) is 3. The minimum atomic E-state index is -0.475. The molecule has 0 spiro atoms. The van der Waals surface area contributed by atoms with Crippen molar-refractivity contribution in [2.24, 2.45) is 5.73 Å². The highest BCUT2D eigenvalue weighted by Gasteiger charge is 2.13. The minimum absolute atomic E-state index is 0.403. The Bertz CT molecular complexity index is 384. The van der Waals surface area contributed by atoms with Gasteiger partial charge in [0.15, 0.2) is 0 Å². The van der Waals surface area contributed by atoms with E-state index in [1.165, 1.54) is 0 Å². The molecule has 4 nitrogen and oxygen atoms in total. The van der Waals surface area contributed by atoms with Crippen molar-refractivity contribution in [3.63, 3.8) is 0 Å². The molecule has 0 saturated heterocycles. The number of nitrogens with two attached hydrogens (primary N) is 2. The molecule has 0 fully saturated rings. The molecule has 0 aliphatic rings. The number of para-hydroxylation sites is 1. The number of nitrogen functional groups attached to an aromatic ring is 1. The van der Waals surface area contributed by atoms with E-state index in [9.17, 15) is 4.79 Å². The van der Waals surface area contributed by atoms with Crippen LogP contribution < -0.4 is 16.4 Å². The summed E-state index contributed by atoms with van der Waals surface area (Å²) in [7, 11) is 0. The van der Waals surface area contributed by atoms with Crippen LogP contribution in [0.1, 0.15) is 37.0 Å². The van der Waals surface area contributed by atoms with Crippen LogP contribution in [-0.4, -0.2) is 19.0 Å². The molecule has 0 heterocycles. The Hall–Kier alpha value is -1.71. The third-order valence-corrected chi connectivity index (χ3v) is 2.68. The highest BCUT2D eigenvalue weighted by Crippen LogP contribution is 2.26. The van der Waals surface area contributed by atoms with Gasteiger partial charge in [-0.05, 0) is 25.0 Å². The van der Waals surface area contributed by atoms with E-state index in [0.717, 1.165) is 31.6 Å². The first kappa shape index (κ1) is 13.4. The van der Waals surface area contributed by atoms with Crippen LogP contribution in [0.4, 0.5) is 11.4 Å². The van der Waals surface area contributed by atoms with Gasteiger partial charge in [0, 0.05) is 13.1 Å². The molecule has 0 aliphatic heterocycles. The number of carbonyl (C=O) groups is 1. The lowest BCUT2D eigenvalue weighted by atomic mass is 10.1. The molecule has 1 aromatic carbocycles. The molecule has 0 aromatic heterocycles. The van der Waals surface area contributed by atoms with Crippen molar-refractivity contribution in [3.8, 4) is 0 Å². The smallest absolute Gasteiger partial charge is 0.250 e. The summed E-state index contributed by atoms with van der Waals surface area (Å²) in [5, 5.41) is 0. The van der Waals surface area contributed by atoms with Crippen LogP contribution in [0.5, 0.6) is 0 Å². The molecule has 4 heteroatoms. The lowest BCUT2D eigenvalue weighted by Crippen LogP contribution is -2.26. The van der Waals surface area contributed by atoms with E-state index < -0.39 is 5.91 Å². The molecule has 0 radical (unpaired) electrons. The maximum Gasteiger partial charge on any atom is 0.250 e. The standard InChI is InChI=1S/C13H21N3O/c1-3-8-16(9-4-2)11-7-5-6-10(12(11)14)13(15)17/h5-7H,3-4,8-9,14H2,1-2H3,(H2,15,17). The summed E-state index contributed by atoms with van der Waals surface area (Å²) in [4.78, 5) is 13.4. The molecule has 94 valence electrons. The summed E-state index contributed by atoms with van der Waals surface area (Å²) >= 11 is 0. The predicted octanol–water partition coefficient (Wildman–Crippen LogP) is 1.99. The van der Waals surface area contributed by atoms with Gasteiger partial charge in [0.05, 0.1) is 16.9 Å².